The van der Waals surface area contributed by atoms with Crippen LogP contribution in [-0.4, -0.2) is 36.0 Å². The van der Waals surface area contributed by atoms with E-state index in [0.717, 1.165) is 4.90 Å². The average molecular weight is 409 g/mol. The number of carbonyl (C=O) groups excluding carboxylic acids is 3. The third kappa shape index (κ3) is 4.00. The van der Waals surface area contributed by atoms with Gasteiger partial charge < -0.3 is 15.2 Å². The van der Waals surface area contributed by atoms with Gasteiger partial charge in [-0.15, -0.1) is 0 Å². The highest BCUT2D eigenvalue weighted by Gasteiger charge is 2.43. The van der Waals surface area contributed by atoms with Crippen LogP contribution in [0.3, 0.4) is 0 Å². The van der Waals surface area contributed by atoms with Gasteiger partial charge in [0.15, 0.2) is 5.92 Å². The summed E-state index contributed by atoms with van der Waals surface area (Å²) in [6.07, 6.45) is 1.53. The number of anilines is 2. The summed E-state index contributed by atoms with van der Waals surface area (Å²) in [5.74, 6) is -3.38. The summed E-state index contributed by atoms with van der Waals surface area (Å²) in [5, 5.41) is 14.3. The van der Waals surface area contributed by atoms with E-state index in [2.05, 4.69) is 10.6 Å². The molecule has 1 saturated heterocycles. The third-order valence-electron chi connectivity index (χ3n) is 4.51. The van der Waals surface area contributed by atoms with Crippen LogP contribution in [0, 0.1) is 5.92 Å². The number of benzene rings is 2. The summed E-state index contributed by atoms with van der Waals surface area (Å²) < 4.78 is 5.08. The first-order valence-electron chi connectivity index (χ1n) is 8.95. The summed E-state index contributed by atoms with van der Waals surface area (Å²) in [6, 6.07) is 11.3. The molecule has 0 saturated carbocycles. The van der Waals surface area contributed by atoms with Crippen molar-refractivity contribution < 1.29 is 29.0 Å². The molecule has 3 rings (SSSR count). The van der Waals surface area contributed by atoms with Crippen molar-refractivity contribution >= 4 is 35.2 Å². The standard InChI is InChI=1S/C21H19N3O6/c1-3-16(22-13-6-4-5-12(11-13)20(27)28)17-18(25)23-21(29)24(19(17)26)14-7-9-15(30-2)10-8-14/h3-11,17,22H,1-2H3,(H,27,28)(H,23,25,29)/b16-3-/t17-/m0/s1. The van der Waals surface area contributed by atoms with Crippen LogP contribution >= 0.6 is 0 Å². The van der Waals surface area contributed by atoms with E-state index in [1.54, 1.807) is 25.1 Å². The van der Waals surface area contributed by atoms with Crippen LogP contribution in [0.15, 0.2) is 60.3 Å². The molecule has 1 fully saturated rings. The van der Waals surface area contributed by atoms with Crippen LogP contribution < -0.4 is 20.3 Å². The Balaban J connectivity index is 1.91. The molecule has 1 heterocycles. The minimum Gasteiger partial charge on any atom is -0.497 e. The number of carbonyl (C=O) groups is 4. The van der Waals surface area contributed by atoms with Crippen LogP contribution in [0.1, 0.15) is 17.3 Å². The van der Waals surface area contributed by atoms with Crippen molar-refractivity contribution in [2.45, 2.75) is 6.92 Å². The Bertz CT molecular complexity index is 1040. The Morgan fingerprint density at radius 3 is 2.47 bits per heavy atom. The molecule has 2 aromatic carbocycles. The number of ether oxygens (including phenoxy) is 1. The number of aromatic carboxylic acids is 1. The summed E-state index contributed by atoms with van der Waals surface area (Å²) in [5.41, 5.74) is 0.923. The molecule has 30 heavy (non-hydrogen) atoms. The molecule has 9 heteroatoms. The van der Waals surface area contributed by atoms with Crippen molar-refractivity contribution in [1.82, 2.24) is 5.32 Å². The SMILES string of the molecule is C/C=C(\Nc1cccc(C(=O)O)c1)[C@H]1C(=O)NC(=O)N(c2ccc(OC)cc2)C1=O. The number of imide groups is 2. The van der Waals surface area contributed by atoms with Gasteiger partial charge >= 0.3 is 12.0 Å². The first kappa shape index (κ1) is 20.6. The molecule has 1 aliphatic rings. The quantitative estimate of drug-likeness (QED) is 0.626. The smallest absolute Gasteiger partial charge is 0.335 e. The normalized spacial score (nSPS) is 16.9. The zero-order valence-electron chi connectivity index (χ0n) is 16.2. The van der Waals surface area contributed by atoms with E-state index in [1.165, 1.54) is 43.5 Å². The van der Waals surface area contributed by atoms with E-state index in [4.69, 9.17) is 9.84 Å². The highest BCUT2D eigenvalue weighted by atomic mass is 16.5. The number of hydrogen-bond donors (Lipinski definition) is 3. The number of urea groups is 1. The summed E-state index contributed by atoms with van der Waals surface area (Å²) in [4.78, 5) is 50.0. The number of barbiturate groups is 1. The number of amides is 4. The van der Waals surface area contributed by atoms with E-state index >= 15 is 0 Å². The number of carboxylic acids is 1. The molecule has 3 N–H and O–H groups in total. The molecule has 1 aliphatic heterocycles. The lowest BCUT2D eigenvalue weighted by atomic mass is 9.99. The molecule has 0 aliphatic carbocycles. The number of rotatable bonds is 6. The molecular weight excluding hydrogens is 390 g/mol. The van der Waals surface area contributed by atoms with E-state index in [1.807, 2.05) is 0 Å². The molecule has 4 amide bonds. The Hall–Kier alpha value is -4.14. The van der Waals surface area contributed by atoms with Crippen LogP contribution in [0.4, 0.5) is 16.2 Å². The Kier molecular flexibility index (Phi) is 5.82. The third-order valence-corrected chi connectivity index (χ3v) is 4.51. The van der Waals surface area contributed by atoms with Crippen molar-refractivity contribution in [2.24, 2.45) is 5.92 Å². The number of nitrogens with one attached hydrogen (secondary N) is 2. The molecule has 1 atom stereocenters. The summed E-state index contributed by atoms with van der Waals surface area (Å²) >= 11 is 0. The fourth-order valence-electron chi connectivity index (χ4n) is 3.03. The minimum atomic E-state index is -1.32. The predicted octanol–water partition coefficient (Wildman–Crippen LogP) is 2.61. The largest absolute Gasteiger partial charge is 0.497 e. The predicted molar refractivity (Wildman–Crippen MR) is 108 cm³/mol. The fourth-order valence-corrected chi connectivity index (χ4v) is 3.03. The molecule has 0 aromatic heterocycles. The van der Waals surface area contributed by atoms with Gasteiger partial charge in [0.2, 0.25) is 5.91 Å². The van der Waals surface area contributed by atoms with E-state index < -0.39 is 29.7 Å². The fraction of sp³-hybridized carbons (Fsp3) is 0.143. The van der Waals surface area contributed by atoms with Crippen LogP contribution in [0.5, 0.6) is 5.75 Å². The van der Waals surface area contributed by atoms with Crippen molar-refractivity contribution in [3.8, 4) is 5.75 Å². The van der Waals surface area contributed by atoms with E-state index in [9.17, 15) is 19.2 Å². The molecule has 0 unspecified atom stereocenters. The highest BCUT2D eigenvalue weighted by molar-refractivity contribution is 6.29. The van der Waals surface area contributed by atoms with Crippen LogP contribution in [0.2, 0.25) is 0 Å². The van der Waals surface area contributed by atoms with Gasteiger partial charge in [0, 0.05) is 11.4 Å². The maximum absolute atomic E-state index is 13.1. The first-order valence-corrected chi connectivity index (χ1v) is 8.95. The Labute approximate surface area is 171 Å². The summed E-state index contributed by atoms with van der Waals surface area (Å²) in [7, 11) is 1.49. The second-order valence-corrected chi connectivity index (χ2v) is 6.35. The Morgan fingerprint density at radius 2 is 1.87 bits per heavy atom. The maximum Gasteiger partial charge on any atom is 0.335 e. The zero-order chi connectivity index (χ0) is 21.8. The van der Waals surface area contributed by atoms with Crippen molar-refractivity contribution in [3.05, 3.63) is 65.9 Å². The van der Waals surface area contributed by atoms with Gasteiger partial charge in [-0.3, -0.25) is 14.9 Å². The highest BCUT2D eigenvalue weighted by Crippen LogP contribution is 2.27. The lowest BCUT2D eigenvalue weighted by Gasteiger charge is -2.31. The van der Waals surface area contributed by atoms with E-state index in [-0.39, 0.29) is 16.9 Å². The molecule has 2 aromatic rings. The number of nitrogens with zero attached hydrogens (tertiary/aromatic N) is 1. The van der Waals surface area contributed by atoms with Gasteiger partial charge in [-0.2, -0.15) is 0 Å². The average Bonchev–Trinajstić information content (AvgIpc) is 2.73. The molecular formula is C21H19N3O6. The zero-order valence-corrected chi connectivity index (χ0v) is 16.2. The van der Waals surface area contributed by atoms with Gasteiger partial charge in [0.25, 0.3) is 5.91 Å². The first-order chi connectivity index (χ1) is 14.3. The maximum atomic E-state index is 13.1. The Morgan fingerprint density at radius 1 is 1.17 bits per heavy atom. The lowest BCUT2D eigenvalue weighted by Crippen LogP contribution is -2.59. The lowest BCUT2D eigenvalue weighted by molar-refractivity contribution is -0.132. The molecule has 0 radical (unpaired) electrons. The van der Waals surface area contributed by atoms with Gasteiger partial charge in [-0.05, 0) is 49.4 Å². The van der Waals surface area contributed by atoms with Gasteiger partial charge in [-0.25, -0.2) is 14.5 Å². The monoisotopic (exact) mass is 409 g/mol. The molecule has 0 bridgehead atoms. The number of allylic oxidation sites excluding steroid dienone is 1. The summed E-state index contributed by atoms with van der Waals surface area (Å²) in [6.45, 7) is 1.62. The second-order valence-electron chi connectivity index (χ2n) is 6.35. The van der Waals surface area contributed by atoms with Gasteiger partial charge in [-0.1, -0.05) is 12.1 Å². The molecule has 154 valence electrons. The van der Waals surface area contributed by atoms with Gasteiger partial charge in [0.05, 0.1) is 18.4 Å². The number of carboxylic acid groups (broad SMARTS) is 1. The topological polar surface area (TPSA) is 125 Å². The minimum absolute atomic E-state index is 0.0462. The van der Waals surface area contributed by atoms with Gasteiger partial charge in [0.1, 0.15) is 5.75 Å². The number of methoxy groups -OCH3 is 1. The van der Waals surface area contributed by atoms with E-state index in [0.29, 0.717) is 11.4 Å². The van der Waals surface area contributed by atoms with Crippen molar-refractivity contribution in [1.29, 1.82) is 0 Å². The van der Waals surface area contributed by atoms with Crippen LogP contribution in [0.25, 0.3) is 0 Å². The molecule has 0 spiro atoms. The number of hydrogen-bond acceptors (Lipinski definition) is 6. The van der Waals surface area contributed by atoms with Crippen LogP contribution in [-0.2, 0) is 9.59 Å². The van der Waals surface area contributed by atoms with Crippen molar-refractivity contribution in [2.75, 3.05) is 17.3 Å². The molecule has 9 nitrogen and oxygen atoms in total. The van der Waals surface area contributed by atoms with Crippen molar-refractivity contribution in [3.63, 3.8) is 0 Å². The second kappa shape index (κ2) is 8.48.